The number of carbonyl (C=O) groups excluding carboxylic acids is 1. The Balaban J connectivity index is 1.71. The molecule has 2 aromatic heterocycles. The molecule has 0 saturated carbocycles. The van der Waals surface area contributed by atoms with E-state index in [9.17, 15) is 4.79 Å². The van der Waals surface area contributed by atoms with Crippen molar-refractivity contribution in [3.05, 3.63) is 36.2 Å². The van der Waals surface area contributed by atoms with Crippen LogP contribution in [0.5, 0.6) is 0 Å². The molecule has 0 fully saturated rings. The normalized spacial score (nSPS) is 17.8. The van der Waals surface area contributed by atoms with Gasteiger partial charge in [0.1, 0.15) is 6.54 Å². The van der Waals surface area contributed by atoms with Crippen molar-refractivity contribution < 1.29 is 4.79 Å². The van der Waals surface area contributed by atoms with Crippen LogP contribution in [0.2, 0.25) is 0 Å². The monoisotopic (exact) mass is 287 g/mol. The Morgan fingerprint density at radius 3 is 3.10 bits per heavy atom. The molecular weight excluding hydrogens is 266 g/mol. The quantitative estimate of drug-likeness (QED) is 0.933. The average molecular weight is 287 g/mol. The minimum Gasteiger partial charge on any atom is -0.346 e. The van der Waals surface area contributed by atoms with Gasteiger partial charge in [-0.2, -0.15) is 5.10 Å². The minimum atomic E-state index is 0.00458. The molecule has 0 aliphatic heterocycles. The van der Waals surface area contributed by atoms with E-state index >= 15 is 0 Å². The summed E-state index contributed by atoms with van der Waals surface area (Å²) in [6.07, 6.45) is 10.3. The summed E-state index contributed by atoms with van der Waals surface area (Å²) in [6.45, 7) is 4.53. The number of hydrogen-bond acceptors (Lipinski definition) is 3. The first-order chi connectivity index (χ1) is 10.1. The number of nitrogens with one attached hydrogen (secondary N) is 1. The molecule has 21 heavy (non-hydrogen) atoms. The lowest BCUT2D eigenvalue weighted by Gasteiger charge is -2.22. The third-order valence-corrected chi connectivity index (χ3v) is 3.86. The highest BCUT2D eigenvalue weighted by molar-refractivity contribution is 5.76. The summed E-state index contributed by atoms with van der Waals surface area (Å²) in [7, 11) is 0. The summed E-state index contributed by atoms with van der Waals surface area (Å²) in [5.74, 6) is 0.00458. The number of amides is 1. The van der Waals surface area contributed by atoms with Gasteiger partial charge in [0.05, 0.1) is 18.1 Å². The topological polar surface area (TPSA) is 64.7 Å². The fourth-order valence-corrected chi connectivity index (χ4v) is 2.75. The van der Waals surface area contributed by atoms with E-state index in [1.807, 2.05) is 4.68 Å². The van der Waals surface area contributed by atoms with Gasteiger partial charge in [-0.1, -0.05) is 0 Å². The number of aromatic nitrogens is 4. The fraction of sp³-hybridized carbons (Fsp3) is 0.533. The summed E-state index contributed by atoms with van der Waals surface area (Å²) < 4.78 is 3.76. The predicted molar refractivity (Wildman–Crippen MR) is 78.7 cm³/mol. The zero-order chi connectivity index (χ0) is 14.8. The van der Waals surface area contributed by atoms with E-state index < -0.39 is 0 Å². The van der Waals surface area contributed by atoms with Gasteiger partial charge in [-0.25, -0.2) is 4.98 Å². The molecule has 1 aliphatic carbocycles. The summed E-state index contributed by atoms with van der Waals surface area (Å²) >= 11 is 0. The van der Waals surface area contributed by atoms with Gasteiger partial charge in [-0.05, 0) is 38.7 Å². The van der Waals surface area contributed by atoms with Crippen LogP contribution in [-0.4, -0.2) is 25.2 Å². The van der Waals surface area contributed by atoms with Gasteiger partial charge in [0.2, 0.25) is 5.91 Å². The largest absolute Gasteiger partial charge is 0.346 e. The van der Waals surface area contributed by atoms with Crippen LogP contribution in [-0.2, 0) is 17.8 Å². The van der Waals surface area contributed by atoms with Gasteiger partial charge in [0.25, 0.3) is 0 Å². The van der Waals surface area contributed by atoms with Gasteiger partial charge in [-0.15, -0.1) is 0 Å². The Kier molecular flexibility index (Phi) is 3.77. The fourth-order valence-electron chi connectivity index (χ4n) is 2.75. The zero-order valence-electron chi connectivity index (χ0n) is 12.5. The Labute approximate surface area is 124 Å². The van der Waals surface area contributed by atoms with Gasteiger partial charge < -0.3 is 9.88 Å². The maximum absolute atomic E-state index is 12.1. The van der Waals surface area contributed by atoms with Crippen LogP contribution in [0.25, 0.3) is 0 Å². The van der Waals surface area contributed by atoms with E-state index in [4.69, 9.17) is 0 Å². The number of carbonyl (C=O) groups is 1. The second-order valence-corrected chi connectivity index (χ2v) is 5.86. The maximum atomic E-state index is 12.1. The van der Waals surface area contributed by atoms with Crippen molar-refractivity contribution in [2.45, 2.75) is 51.7 Å². The van der Waals surface area contributed by atoms with Gasteiger partial charge in [-0.3, -0.25) is 9.48 Å². The second kappa shape index (κ2) is 5.71. The summed E-state index contributed by atoms with van der Waals surface area (Å²) in [5.41, 5.74) is 2.30. The minimum absolute atomic E-state index is 0.00458. The standard InChI is InChI=1S/C15H21N5O/c1-11(2)20-8-12-4-3-5-13(15(12)18-20)17-14(21)9-19-7-6-16-10-19/h6-8,10-11,13H,3-5,9H2,1-2H3,(H,17,21). The Bertz CT molecular complexity index is 614. The maximum Gasteiger partial charge on any atom is 0.240 e. The predicted octanol–water partition coefficient (Wildman–Crippen LogP) is 1.85. The van der Waals surface area contributed by atoms with Gasteiger partial charge in [0, 0.05) is 24.6 Å². The lowest BCUT2D eigenvalue weighted by molar-refractivity contribution is -0.122. The molecule has 1 amide bonds. The third-order valence-electron chi connectivity index (χ3n) is 3.86. The first-order valence-corrected chi connectivity index (χ1v) is 7.46. The summed E-state index contributed by atoms with van der Waals surface area (Å²) in [6, 6.07) is 0.377. The van der Waals surface area contributed by atoms with Crippen LogP contribution in [0.3, 0.4) is 0 Å². The highest BCUT2D eigenvalue weighted by Gasteiger charge is 2.25. The van der Waals surface area contributed by atoms with Crippen LogP contribution in [0.15, 0.2) is 24.9 Å². The molecule has 0 bridgehead atoms. The summed E-state index contributed by atoms with van der Waals surface area (Å²) in [5, 5.41) is 7.77. The van der Waals surface area contributed by atoms with Crippen LogP contribution in [0.4, 0.5) is 0 Å². The molecule has 6 heteroatoms. The molecule has 1 unspecified atom stereocenters. The van der Waals surface area contributed by atoms with E-state index in [2.05, 4.69) is 35.4 Å². The molecule has 0 spiro atoms. The van der Waals surface area contributed by atoms with E-state index in [1.165, 1.54) is 5.56 Å². The molecular formula is C15H21N5O. The molecule has 6 nitrogen and oxygen atoms in total. The van der Waals surface area contributed by atoms with E-state index in [-0.39, 0.29) is 11.9 Å². The number of rotatable bonds is 4. The van der Waals surface area contributed by atoms with E-state index in [0.717, 1.165) is 25.0 Å². The van der Waals surface area contributed by atoms with Crippen LogP contribution in [0.1, 0.15) is 50.0 Å². The molecule has 0 aromatic carbocycles. The number of hydrogen-bond donors (Lipinski definition) is 1. The van der Waals surface area contributed by atoms with Crippen molar-refractivity contribution in [1.82, 2.24) is 24.6 Å². The molecule has 0 saturated heterocycles. The number of fused-ring (bicyclic) bond motifs is 1. The molecule has 2 heterocycles. The molecule has 0 radical (unpaired) electrons. The summed E-state index contributed by atoms with van der Waals surface area (Å²) in [4.78, 5) is 16.1. The third kappa shape index (κ3) is 2.99. The smallest absolute Gasteiger partial charge is 0.240 e. The van der Waals surface area contributed by atoms with Crippen molar-refractivity contribution in [3.63, 3.8) is 0 Å². The van der Waals surface area contributed by atoms with Crippen LogP contribution >= 0.6 is 0 Å². The number of nitrogens with zero attached hydrogens (tertiary/aromatic N) is 4. The molecule has 1 aliphatic rings. The van der Waals surface area contributed by atoms with Crippen molar-refractivity contribution in [1.29, 1.82) is 0 Å². The highest BCUT2D eigenvalue weighted by Crippen LogP contribution is 2.29. The van der Waals surface area contributed by atoms with Crippen molar-refractivity contribution in [2.75, 3.05) is 0 Å². The molecule has 1 N–H and O–H groups in total. The second-order valence-electron chi connectivity index (χ2n) is 5.86. The Morgan fingerprint density at radius 2 is 2.38 bits per heavy atom. The average Bonchev–Trinajstić information content (AvgIpc) is 3.07. The SMILES string of the molecule is CC(C)n1cc2c(n1)C(NC(=O)Cn1ccnc1)CCC2. The first-order valence-electron chi connectivity index (χ1n) is 7.46. The lowest BCUT2D eigenvalue weighted by Crippen LogP contribution is -2.33. The van der Waals surface area contributed by atoms with Gasteiger partial charge in [0.15, 0.2) is 0 Å². The van der Waals surface area contributed by atoms with Crippen LogP contribution in [0, 0.1) is 0 Å². The highest BCUT2D eigenvalue weighted by atomic mass is 16.2. The van der Waals surface area contributed by atoms with Gasteiger partial charge >= 0.3 is 0 Å². The van der Waals surface area contributed by atoms with E-state index in [0.29, 0.717) is 12.6 Å². The molecule has 3 rings (SSSR count). The molecule has 1 atom stereocenters. The number of imidazole rings is 1. The Morgan fingerprint density at radius 1 is 1.52 bits per heavy atom. The molecule has 2 aromatic rings. The Hall–Kier alpha value is -2.11. The van der Waals surface area contributed by atoms with Crippen molar-refractivity contribution >= 4 is 5.91 Å². The number of aryl methyl sites for hydroxylation is 1. The lowest BCUT2D eigenvalue weighted by atomic mass is 9.94. The van der Waals surface area contributed by atoms with Crippen molar-refractivity contribution in [2.24, 2.45) is 0 Å². The first kappa shape index (κ1) is 13.9. The molecule has 112 valence electrons. The van der Waals surface area contributed by atoms with Crippen molar-refractivity contribution in [3.8, 4) is 0 Å². The zero-order valence-corrected chi connectivity index (χ0v) is 12.5. The van der Waals surface area contributed by atoms with E-state index in [1.54, 1.807) is 23.3 Å². The van der Waals surface area contributed by atoms with Crippen LogP contribution < -0.4 is 5.32 Å².